The molecule has 1 unspecified atom stereocenters. The highest BCUT2D eigenvalue weighted by atomic mass is 32.2. The standard InChI is InChI=1S/C8H19NOS/c1-2-3-5-11-6-4-8(10)7-9/h8,10H,2-7,9H2,1H3. The molecule has 68 valence electrons. The SMILES string of the molecule is CCCCSCCC(O)CN. The smallest absolute Gasteiger partial charge is 0.0670 e. The third-order valence-electron chi connectivity index (χ3n) is 1.51. The molecule has 0 saturated heterocycles. The van der Waals surface area contributed by atoms with E-state index in [-0.39, 0.29) is 6.10 Å². The van der Waals surface area contributed by atoms with E-state index in [2.05, 4.69) is 6.92 Å². The third-order valence-corrected chi connectivity index (χ3v) is 2.61. The highest BCUT2D eigenvalue weighted by Crippen LogP contribution is 2.07. The predicted molar refractivity (Wildman–Crippen MR) is 51.9 cm³/mol. The number of rotatable bonds is 7. The second-order valence-corrected chi connectivity index (χ2v) is 3.87. The van der Waals surface area contributed by atoms with E-state index in [4.69, 9.17) is 10.8 Å². The summed E-state index contributed by atoms with van der Waals surface area (Å²) >= 11 is 1.91. The van der Waals surface area contributed by atoms with Crippen molar-refractivity contribution in [1.29, 1.82) is 0 Å². The number of hydrogen-bond donors (Lipinski definition) is 2. The van der Waals surface area contributed by atoms with E-state index in [0.29, 0.717) is 6.54 Å². The van der Waals surface area contributed by atoms with Crippen LogP contribution in [-0.2, 0) is 0 Å². The molecule has 0 aromatic carbocycles. The Bertz CT molecular complexity index is 80.5. The summed E-state index contributed by atoms with van der Waals surface area (Å²) in [7, 11) is 0. The fraction of sp³-hybridized carbons (Fsp3) is 1.00. The lowest BCUT2D eigenvalue weighted by Crippen LogP contribution is -2.20. The van der Waals surface area contributed by atoms with Crippen molar-refractivity contribution in [3.05, 3.63) is 0 Å². The fourth-order valence-electron chi connectivity index (χ4n) is 0.686. The van der Waals surface area contributed by atoms with E-state index in [0.717, 1.165) is 12.2 Å². The molecule has 0 fully saturated rings. The summed E-state index contributed by atoms with van der Waals surface area (Å²) in [5.74, 6) is 2.26. The Hall–Kier alpha value is 0.270. The van der Waals surface area contributed by atoms with E-state index in [9.17, 15) is 0 Å². The molecule has 0 spiro atoms. The lowest BCUT2D eigenvalue weighted by atomic mass is 10.3. The molecule has 0 amide bonds. The van der Waals surface area contributed by atoms with Gasteiger partial charge in [0.15, 0.2) is 0 Å². The van der Waals surface area contributed by atoms with Crippen LogP contribution < -0.4 is 5.73 Å². The van der Waals surface area contributed by atoms with Crippen LogP contribution in [0.15, 0.2) is 0 Å². The van der Waals surface area contributed by atoms with Gasteiger partial charge in [-0.05, 0) is 24.3 Å². The molecule has 0 aliphatic heterocycles. The van der Waals surface area contributed by atoms with Crippen molar-refractivity contribution in [1.82, 2.24) is 0 Å². The lowest BCUT2D eigenvalue weighted by molar-refractivity contribution is 0.180. The summed E-state index contributed by atoms with van der Waals surface area (Å²) in [4.78, 5) is 0. The maximum Gasteiger partial charge on any atom is 0.0670 e. The summed E-state index contributed by atoms with van der Waals surface area (Å²) in [5.41, 5.74) is 5.25. The van der Waals surface area contributed by atoms with Crippen molar-refractivity contribution in [3.63, 3.8) is 0 Å². The molecule has 0 aliphatic rings. The van der Waals surface area contributed by atoms with E-state index >= 15 is 0 Å². The Labute approximate surface area is 73.6 Å². The Morgan fingerprint density at radius 3 is 2.73 bits per heavy atom. The van der Waals surface area contributed by atoms with Gasteiger partial charge in [-0.25, -0.2) is 0 Å². The Morgan fingerprint density at radius 2 is 2.18 bits per heavy atom. The van der Waals surface area contributed by atoms with Gasteiger partial charge < -0.3 is 10.8 Å². The largest absolute Gasteiger partial charge is 0.392 e. The van der Waals surface area contributed by atoms with Gasteiger partial charge in [-0.2, -0.15) is 11.8 Å². The van der Waals surface area contributed by atoms with Crippen molar-refractivity contribution < 1.29 is 5.11 Å². The number of aliphatic hydroxyl groups is 1. The molecule has 3 heteroatoms. The number of nitrogens with two attached hydrogens (primary N) is 1. The van der Waals surface area contributed by atoms with Crippen molar-refractivity contribution >= 4 is 11.8 Å². The molecule has 0 rings (SSSR count). The van der Waals surface area contributed by atoms with E-state index < -0.39 is 0 Å². The molecule has 0 bridgehead atoms. The first-order valence-electron chi connectivity index (χ1n) is 4.27. The zero-order chi connectivity index (χ0) is 8.53. The van der Waals surface area contributed by atoms with Gasteiger partial charge in [0.1, 0.15) is 0 Å². The van der Waals surface area contributed by atoms with Crippen LogP contribution >= 0.6 is 11.8 Å². The van der Waals surface area contributed by atoms with Gasteiger partial charge in [0, 0.05) is 6.54 Å². The highest BCUT2D eigenvalue weighted by Gasteiger charge is 1.99. The molecule has 0 heterocycles. The van der Waals surface area contributed by atoms with Crippen LogP contribution in [0.3, 0.4) is 0 Å². The zero-order valence-electron chi connectivity index (χ0n) is 7.25. The Morgan fingerprint density at radius 1 is 1.45 bits per heavy atom. The van der Waals surface area contributed by atoms with Crippen LogP contribution in [0.4, 0.5) is 0 Å². The lowest BCUT2D eigenvalue weighted by Gasteiger charge is -2.05. The number of hydrogen-bond acceptors (Lipinski definition) is 3. The highest BCUT2D eigenvalue weighted by molar-refractivity contribution is 7.99. The van der Waals surface area contributed by atoms with E-state index in [1.54, 1.807) is 0 Å². The minimum Gasteiger partial charge on any atom is -0.392 e. The Balaban J connectivity index is 2.89. The molecule has 3 N–H and O–H groups in total. The molecule has 0 aromatic heterocycles. The minimum absolute atomic E-state index is 0.288. The van der Waals surface area contributed by atoms with Crippen molar-refractivity contribution in [2.24, 2.45) is 5.73 Å². The maximum absolute atomic E-state index is 9.08. The van der Waals surface area contributed by atoms with Gasteiger partial charge in [0.05, 0.1) is 6.10 Å². The topological polar surface area (TPSA) is 46.2 Å². The molecule has 11 heavy (non-hydrogen) atoms. The van der Waals surface area contributed by atoms with Gasteiger partial charge in [0.25, 0.3) is 0 Å². The molecule has 0 aliphatic carbocycles. The molecule has 2 nitrogen and oxygen atoms in total. The van der Waals surface area contributed by atoms with E-state index in [1.807, 2.05) is 11.8 Å². The number of aliphatic hydroxyl groups excluding tert-OH is 1. The van der Waals surface area contributed by atoms with Crippen LogP contribution in [0.25, 0.3) is 0 Å². The van der Waals surface area contributed by atoms with Crippen molar-refractivity contribution in [2.75, 3.05) is 18.1 Å². The van der Waals surface area contributed by atoms with Crippen molar-refractivity contribution in [2.45, 2.75) is 32.3 Å². The van der Waals surface area contributed by atoms with Crippen LogP contribution in [-0.4, -0.2) is 29.3 Å². The number of unbranched alkanes of at least 4 members (excludes halogenated alkanes) is 1. The van der Waals surface area contributed by atoms with Crippen LogP contribution in [0.1, 0.15) is 26.2 Å². The summed E-state index contributed by atoms with van der Waals surface area (Å²) in [6.45, 7) is 2.59. The monoisotopic (exact) mass is 177 g/mol. The normalized spacial score (nSPS) is 13.4. The molecular weight excluding hydrogens is 158 g/mol. The van der Waals surface area contributed by atoms with Crippen LogP contribution in [0.2, 0.25) is 0 Å². The predicted octanol–water partition coefficient (Wildman–Crippen LogP) is 1.23. The second kappa shape index (κ2) is 8.37. The average molecular weight is 177 g/mol. The third kappa shape index (κ3) is 8.17. The second-order valence-electron chi connectivity index (χ2n) is 2.64. The molecule has 0 radical (unpaired) electrons. The van der Waals surface area contributed by atoms with Crippen LogP contribution in [0, 0.1) is 0 Å². The quantitative estimate of drug-likeness (QED) is 0.575. The Kier molecular flexibility index (Phi) is 8.57. The minimum atomic E-state index is -0.288. The van der Waals surface area contributed by atoms with Gasteiger partial charge in [-0.15, -0.1) is 0 Å². The zero-order valence-corrected chi connectivity index (χ0v) is 8.07. The number of thioether (sulfide) groups is 1. The van der Waals surface area contributed by atoms with Crippen LogP contribution in [0.5, 0.6) is 0 Å². The molecule has 0 saturated carbocycles. The molecule has 0 aromatic rings. The first-order chi connectivity index (χ1) is 5.31. The van der Waals surface area contributed by atoms with E-state index in [1.165, 1.54) is 18.6 Å². The summed E-state index contributed by atoms with van der Waals surface area (Å²) < 4.78 is 0. The van der Waals surface area contributed by atoms with Gasteiger partial charge in [0.2, 0.25) is 0 Å². The van der Waals surface area contributed by atoms with Gasteiger partial charge in [-0.1, -0.05) is 13.3 Å². The van der Waals surface area contributed by atoms with Gasteiger partial charge >= 0.3 is 0 Å². The summed E-state index contributed by atoms with van der Waals surface area (Å²) in [6, 6.07) is 0. The summed E-state index contributed by atoms with van der Waals surface area (Å²) in [5, 5.41) is 9.08. The molecule has 1 atom stereocenters. The molecular formula is C8H19NOS. The van der Waals surface area contributed by atoms with Crippen molar-refractivity contribution in [3.8, 4) is 0 Å². The average Bonchev–Trinajstić information content (AvgIpc) is 2.04. The first-order valence-corrected chi connectivity index (χ1v) is 5.42. The van der Waals surface area contributed by atoms with Gasteiger partial charge in [-0.3, -0.25) is 0 Å². The fourth-order valence-corrected chi connectivity index (χ4v) is 1.82. The summed E-state index contributed by atoms with van der Waals surface area (Å²) in [6.07, 6.45) is 3.09. The first kappa shape index (κ1) is 11.3. The maximum atomic E-state index is 9.08.